The molecule has 0 saturated heterocycles. The number of unbranched alkanes of at least 4 members (excludes halogenated alkanes) is 7. The molecule has 0 amide bonds. The minimum absolute atomic E-state index is 0.253. The van der Waals surface area contributed by atoms with Gasteiger partial charge in [-0.05, 0) is 37.8 Å². The van der Waals surface area contributed by atoms with Crippen LogP contribution < -0.4 is 0 Å². The Balaban J connectivity index is 2.26. The smallest absolute Gasteiger partial charge is 0.0641 e. The number of rotatable bonds is 10. The van der Waals surface area contributed by atoms with Gasteiger partial charge in [-0.1, -0.05) is 76.1 Å². The van der Waals surface area contributed by atoms with Gasteiger partial charge in [0.15, 0.2) is 0 Å². The summed E-state index contributed by atoms with van der Waals surface area (Å²) in [5, 5.41) is 0. The molecule has 0 spiro atoms. The molecule has 0 aliphatic rings. The predicted molar refractivity (Wildman–Crippen MR) is 91.6 cm³/mol. The second kappa shape index (κ2) is 9.45. The van der Waals surface area contributed by atoms with Crippen LogP contribution in [0.5, 0.6) is 0 Å². The molecule has 114 valence electrons. The molecule has 20 heavy (non-hydrogen) atoms. The van der Waals surface area contributed by atoms with E-state index < -0.39 is 0 Å². The van der Waals surface area contributed by atoms with Crippen molar-refractivity contribution >= 4 is 11.6 Å². The number of benzene rings is 1. The fraction of sp³-hybridized carbons (Fsp3) is 0.684. The molecule has 0 unspecified atom stereocenters. The largest absolute Gasteiger partial charge is 0.115 e. The first-order chi connectivity index (χ1) is 9.55. The number of aryl methyl sites for hydroxylation is 1. The van der Waals surface area contributed by atoms with E-state index in [-0.39, 0.29) is 4.87 Å². The Bertz CT molecular complexity index is 362. The average molecular weight is 295 g/mol. The second-order valence-corrected chi connectivity index (χ2v) is 7.30. The summed E-state index contributed by atoms with van der Waals surface area (Å²) in [6.07, 6.45) is 12.2. The normalized spacial score (nSPS) is 11.8. The van der Waals surface area contributed by atoms with E-state index in [9.17, 15) is 0 Å². The van der Waals surface area contributed by atoms with Gasteiger partial charge in [-0.3, -0.25) is 0 Å². The van der Waals surface area contributed by atoms with Crippen LogP contribution in [0.4, 0.5) is 0 Å². The highest BCUT2D eigenvalue weighted by molar-refractivity contribution is 6.23. The Kier molecular flexibility index (Phi) is 8.30. The minimum Gasteiger partial charge on any atom is -0.115 e. The molecule has 0 saturated carbocycles. The van der Waals surface area contributed by atoms with Gasteiger partial charge in [0.05, 0.1) is 4.87 Å². The Morgan fingerprint density at radius 1 is 0.850 bits per heavy atom. The zero-order valence-electron chi connectivity index (χ0n) is 13.6. The van der Waals surface area contributed by atoms with E-state index in [1.807, 2.05) is 0 Å². The van der Waals surface area contributed by atoms with Crippen molar-refractivity contribution in [1.29, 1.82) is 0 Å². The van der Waals surface area contributed by atoms with Crippen molar-refractivity contribution in [2.75, 3.05) is 0 Å². The fourth-order valence-corrected chi connectivity index (χ4v) is 2.95. The maximum atomic E-state index is 6.47. The van der Waals surface area contributed by atoms with Gasteiger partial charge in [0, 0.05) is 0 Å². The van der Waals surface area contributed by atoms with Gasteiger partial charge in [-0.2, -0.15) is 0 Å². The van der Waals surface area contributed by atoms with Gasteiger partial charge in [-0.25, -0.2) is 0 Å². The van der Waals surface area contributed by atoms with Crippen LogP contribution in [0.2, 0.25) is 0 Å². The lowest BCUT2D eigenvalue weighted by molar-refractivity contribution is 0.574. The fourth-order valence-electron chi connectivity index (χ4n) is 2.77. The Hall–Kier alpha value is -0.490. The van der Waals surface area contributed by atoms with E-state index in [2.05, 4.69) is 45.0 Å². The summed E-state index contributed by atoms with van der Waals surface area (Å²) < 4.78 is 0. The highest BCUT2D eigenvalue weighted by atomic mass is 35.5. The van der Waals surface area contributed by atoms with E-state index in [4.69, 9.17) is 11.6 Å². The van der Waals surface area contributed by atoms with E-state index in [0.717, 1.165) is 0 Å². The molecule has 0 aliphatic heterocycles. The van der Waals surface area contributed by atoms with Crippen LogP contribution in [0.1, 0.15) is 83.3 Å². The molecule has 0 aliphatic carbocycles. The number of hydrogen-bond donors (Lipinski definition) is 0. The van der Waals surface area contributed by atoms with E-state index in [0.29, 0.717) is 0 Å². The second-order valence-electron chi connectivity index (χ2n) is 6.35. The summed E-state index contributed by atoms with van der Waals surface area (Å²) in [6, 6.07) is 8.64. The monoisotopic (exact) mass is 294 g/mol. The quantitative estimate of drug-likeness (QED) is 0.327. The van der Waals surface area contributed by atoms with Gasteiger partial charge in [0.25, 0.3) is 0 Å². The third-order valence-corrected chi connectivity index (χ3v) is 4.16. The van der Waals surface area contributed by atoms with Crippen LogP contribution in [0, 0.1) is 0 Å². The predicted octanol–water partition coefficient (Wildman–Crippen LogP) is 6.84. The maximum absolute atomic E-state index is 6.47. The Morgan fingerprint density at radius 3 is 2.00 bits per heavy atom. The van der Waals surface area contributed by atoms with Crippen LogP contribution >= 0.6 is 11.6 Å². The van der Waals surface area contributed by atoms with Crippen molar-refractivity contribution in [3.8, 4) is 0 Å². The summed E-state index contributed by atoms with van der Waals surface area (Å²) >= 11 is 6.47. The lowest BCUT2D eigenvalue weighted by Crippen LogP contribution is -2.10. The molecule has 0 nitrogen and oxygen atoms in total. The van der Waals surface area contributed by atoms with Gasteiger partial charge in [0.2, 0.25) is 0 Å². The van der Waals surface area contributed by atoms with Crippen LogP contribution in [-0.2, 0) is 11.3 Å². The highest BCUT2D eigenvalue weighted by Gasteiger charge is 2.19. The van der Waals surface area contributed by atoms with Crippen molar-refractivity contribution in [1.82, 2.24) is 0 Å². The first-order valence-corrected chi connectivity index (χ1v) is 8.70. The van der Waals surface area contributed by atoms with Crippen LogP contribution in [0.25, 0.3) is 0 Å². The topological polar surface area (TPSA) is 0 Å². The van der Waals surface area contributed by atoms with Crippen molar-refractivity contribution in [3.05, 3.63) is 35.4 Å². The molecule has 1 heteroatoms. The van der Waals surface area contributed by atoms with Crippen LogP contribution in [0.15, 0.2) is 24.3 Å². The molecule has 0 radical (unpaired) electrons. The molecular formula is C19H31Cl. The van der Waals surface area contributed by atoms with Crippen molar-refractivity contribution < 1.29 is 0 Å². The molecule has 0 N–H and O–H groups in total. The van der Waals surface area contributed by atoms with E-state index >= 15 is 0 Å². The van der Waals surface area contributed by atoms with Crippen molar-refractivity contribution in [2.45, 2.75) is 83.4 Å². The summed E-state index contributed by atoms with van der Waals surface area (Å²) in [7, 11) is 0. The number of alkyl halides is 1. The average Bonchev–Trinajstić information content (AvgIpc) is 2.41. The molecule has 0 bridgehead atoms. The van der Waals surface area contributed by atoms with Crippen molar-refractivity contribution in [2.24, 2.45) is 0 Å². The van der Waals surface area contributed by atoms with Crippen LogP contribution in [-0.4, -0.2) is 0 Å². The first-order valence-electron chi connectivity index (χ1n) is 8.33. The molecule has 0 aromatic heterocycles. The molecule has 1 aromatic rings. The van der Waals surface area contributed by atoms with Crippen LogP contribution in [0.3, 0.4) is 0 Å². The molecule has 1 rings (SSSR count). The van der Waals surface area contributed by atoms with Crippen molar-refractivity contribution in [3.63, 3.8) is 0 Å². The molecule has 0 heterocycles. The first kappa shape index (κ1) is 17.6. The summed E-state index contributed by atoms with van der Waals surface area (Å²) in [5.41, 5.74) is 2.73. The standard InChI is InChI=1S/C19H31Cl/c1-4-5-6-7-8-9-10-11-14-17-15-12-13-16-18(17)19(2,3)20/h12-13,15-16H,4-11,14H2,1-3H3. The zero-order valence-corrected chi connectivity index (χ0v) is 14.3. The number of hydrogen-bond acceptors (Lipinski definition) is 0. The molecule has 0 fully saturated rings. The van der Waals surface area contributed by atoms with Gasteiger partial charge >= 0.3 is 0 Å². The third kappa shape index (κ3) is 6.79. The molecule has 0 atom stereocenters. The van der Waals surface area contributed by atoms with Gasteiger partial charge < -0.3 is 0 Å². The Labute approximate surface area is 130 Å². The highest BCUT2D eigenvalue weighted by Crippen LogP contribution is 2.31. The molecular weight excluding hydrogens is 264 g/mol. The van der Waals surface area contributed by atoms with E-state index in [1.165, 1.54) is 68.9 Å². The summed E-state index contributed by atoms with van der Waals surface area (Å²) in [5.74, 6) is 0. The zero-order chi connectivity index (χ0) is 14.8. The van der Waals surface area contributed by atoms with Gasteiger partial charge in [-0.15, -0.1) is 11.6 Å². The van der Waals surface area contributed by atoms with Gasteiger partial charge in [0.1, 0.15) is 0 Å². The number of halogens is 1. The third-order valence-electron chi connectivity index (χ3n) is 3.96. The summed E-state index contributed by atoms with van der Waals surface area (Å²) in [4.78, 5) is -0.253. The summed E-state index contributed by atoms with van der Waals surface area (Å²) in [6.45, 7) is 6.44. The lowest BCUT2D eigenvalue weighted by Gasteiger charge is -2.20. The maximum Gasteiger partial charge on any atom is 0.0641 e. The van der Waals surface area contributed by atoms with E-state index in [1.54, 1.807) is 0 Å². The Morgan fingerprint density at radius 2 is 1.40 bits per heavy atom. The lowest BCUT2D eigenvalue weighted by atomic mass is 9.93. The minimum atomic E-state index is -0.253. The SMILES string of the molecule is CCCCCCCCCCc1ccccc1C(C)(C)Cl. The molecule has 1 aromatic carbocycles.